The average Bonchev–Trinajstić information content (AvgIpc) is 2.65. The van der Waals surface area contributed by atoms with Crippen molar-refractivity contribution < 1.29 is 14.3 Å². The summed E-state index contributed by atoms with van der Waals surface area (Å²) in [5, 5.41) is 10.3. The highest BCUT2D eigenvalue weighted by Crippen LogP contribution is 2.24. The van der Waals surface area contributed by atoms with Crippen LogP contribution < -0.4 is 0 Å². The minimum Gasteiger partial charge on any atom is -0.478 e. The Morgan fingerprint density at radius 1 is 1.47 bits per heavy atom. The lowest BCUT2D eigenvalue weighted by molar-refractivity contribution is 0.0698. The topological polar surface area (TPSA) is 50.2 Å². The van der Waals surface area contributed by atoms with Crippen LogP contribution in [0.4, 0.5) is 4.39 Å². The molecule has 1 aromatic carbocycles. The first-order chi connectivity index (χ1) is 7.18. The molecule has 0 saturated heterocycles. The Morgan fingerprint density at radius 3 is 2.93 bits per heavy atom. The van der Waals surface area contributed by atoms with Crippen molar-refractivity contribution in [2.45, 2.75) is 0 Å². The number of aromatic carboxylic acids is 1. The summed E-state index contributed by atoms with van der Waals surface area (Å²) in [5.74, 6) is -1.46. The summed E-state index contributed by atoms with van der Waals surface area (Å²) in [6.07, 6.45) is 0. The summed E-state index contributed by atoms with van der Waals surface area (Å²) in [7, 11) is 0. The van der Waals surface area contributed by atoms with E-state index in [0.717, 1.165) is 11.5 Å². The molecule has 1 N–H and O–H groups in total. The smallest absolute Gasteiger partial charge is 0.338 e. The molecule has 1 aromatic heterocycles. The molecule has 0 fully saturated rings. The molecule has 0 atom stereocenters. The minimum atomic E-state index is -1.05. The van der Waals surface area contributed by atoms with Gasteiger partial charge in [0.2, 0.25) is 0 Å². The van der Waals surface area contributed by atoms with Gasteiger partial charge in [-0.1, -0.05) is 12.1 Å². The summed E-state index contributed by atoms with van der Waals surface area (Å²) >= 11 is 1.04. The highest BCUT2D eigenvalue weighted by atomic mass is 32.1. The van der Waals surface area contributed by atoms with Crippen LogP contribution in [0.5, 0.6) is 0 Å². The minimum absolute atomic E-state index is 0.102. The van der Waals surface area contributed by atoms with E-state index in [0.29, 0.717) is 11.3 Å². The van der Waals surface area contributed by atoms with E-state index in [1.165, 1.54) is 23.6 Å². The molecule has 1 heterocycles. The van der Waals surface area contributed by atoms with Crippen molar-refractivity contribution in [2.24, 2.45) is 0 Å². The Labute approximate surface area is 89.0 Å². The molecule has 3 nitrogen and oxygen atoms in total. The van der Waals surface area contributed by atoms with Crippen LogP contribution in [0.25, 0.3) is 11.3 Å². The van der Waals surface area contributed by atoms with Crippen LogP contribution >= 0.6 is 11.5 Å². The Morgan fingerprint density at radius 2 is 2.27 bits per heavy atom. The van der Waals surface area contributed by atoms with Gasteiger partial charge in [-0.3, -0.25) is 0 Å². The molecule has 2 aromatic rings. The highest BCUT2D eigenvalue weighted by molar-refractivity contribution is 7.04. The van der Waals surface area contributed by atoms with Crippen LogP contribution in [0.3, 0.4) is 0 Å². The van der Waals surface area contributed by atoms with E-state index in [2.05, 4.69) is 4.37 Å². The van der Waals surface area contributed by atoms with E-state index < -0.39 is 11.8 Å². The van der Waals surface area contributed by atoms with Crippen molar-refractivity contribution in [1.29, 1.82) is 0 Å². The number of benzene rings is 1. The first-order valence-corrected chi connectivity index (χ1v) is 4.96. The van der Waals surface area contributed by atoms with Gasteiger partial charge in [-0.2, -0.15) is 4.37 Å². The molecule has 0 aliphatic rings. The van der Waals surface area contributed by atoms with Crippen LogP contribution in [-0.2, 0) is 0 Å². The fourth-order valence-electron chi connectivity index (χ4n) is 1.23. The molecule has 2 rings (SSSR count). The zero-order valence-corrected chi connectivity index (χ0v) is 8.29. The fraction of sp³-hybridized carbons (Fsp3) is 0. The normalized spacial score (nSPS) is 10.2. The molecule has 0 spiro atoms. The molecular weight excluding hydrogens is 217 g/mol. The molecule has 76 valence electrons. The average molecular weight is 223 g/mol. The van der Waals surface area contributed by atoms with E-state index in [9.17, 15) is 9.18 Å². The van der Waals surface area contributed by atoms with E-state index in [1.807, 2.05) is 0 Å². The molecular formula is C10H6FNO2S. The number of rotatable bonds is 2. The summed E-state index contributed by atoms with van der Waals surface area (Å²) in [6.45, 7) is 0. The molecule has 0 bridgehead atoms. The van der Waals surface area contributed by atoms with Crippen LogP contribution in [0.1, 0.15) is 10.4 Å². The van der Waals surface area contributed by atoms with Crippen molar-refractivity contribution in [3.05, 3.63) is 41.0 Å². The summed E-state index contributed by atoms with van der Waals surface area (Å²) < 4.78 is 16.9. The quantitative estimate of drug-likeness (QED) is 0.851. The predicted octanol–water partition coefficient (Wildman–Crippen LogP) is 2.65. The molecule has 0 aliphatic heterocycles. The fourth-order valence-corrected chi connectivity index (χ4v) is 1.91. The van der Waals surface area contributed by atoms with Crippen molar-refractivity contribution in [1.82, 2.24) is 4.37 Å². The number of aromatic nitrogens is 1. The standard InChI is InChI=1S/C10H6FNO2S/c11-7-3-1-2-6(4-7)9-8(10(13)14)5-15-12-9/h1-5H,(H,13,14). The molecule has 0 radical (unpaired) electrons. The van der Waals surface area contributed by atoms with Gasteiger partial charge in [0.15, 0.2) is 0 Å². The van der Waals surface area contributed by atoms with Gasteiger partial charge in [-0.25, -0.2) is 9.18 Å². The number of hydrogen-bond acceptors (Lipinski definition) is 3. The lowest BCUT2D eigenvalue weighted by Crippen LogP contribution is -1.96. The molecule has 0 saturated carbocycles. The van der Waals surface area contributed by atoms with Gasteiger partial charge >= 0.3 is 5.97 Å². The molecule has 15 heavy (non-hydrogen) atoms. The second kappa shape index (κ2) is 3.78. The number of halogens is 1. The summed E-state index contributed by atoms with van der Waals surface area (Å²) in [6, 6.07) is 5.72. The Kier molecular flexibility index (Phi) is 2.47. The maximum absolute atomic E-state index is 12.9. The Hall–Kier alpha value is -1.75. The van der Waals surface area contributed by atoms with Crippen molar-refractivity contribution in [3.63, 3.8) is 0 Å². The zero-order valence-electron chi connectivity index (χ0n) is 7.48. The zero-order chi connectivity index (χ0) is 10.8. The molecule has 0 aliphatic carbocycles. The largest absolute Gasteiger partial charge is 0.478 e. The van der Waals surface area contributed by atoms with Gasteiger partial charge in [-0.15, -0.1) is 0 Å². The summed E-state index contributed by atoms with van der Waals surface area (Å²) in [4.78, 5) is 10.8. The number of carboxylic acids is 1. The number of nitrogens with zero attached hydrogens (tertiary/aromatic N) is 1. The molecule has 0 unspecified atom stereocenters. The predicted molar refractivity (Wildman–Crippen MR) is 54.5 cm³/mol. The number of carboxylic acid groups (broad SMARTS) is 1. The summed E-state index contributed by atoms with van der Waals surface area (Å²) in [5.41, 5.74) is 0.895. The van der Waals surface area contributed by atoms with Crippen LogP contribution in [0, 0.1) is 5.82 Å². The maximum Gasteiger partial charge on any atom is 0.338 e. The second-order valence-electron chi connectivity index (χ2n) is 2.89. The van der Waals surface area contributed by atoms with E-state index in [-0.39, 0.29) is 5.56 Å². The van der Waals surface area contributed by atoms with Crippen molar-refractivity contribution >= 4 is 17.5 Å². The van der Waals surface area contributed by atoms with Gasteiger partial charge in [-0.05, 0) is 23.7 Å². The maximum atomic E-state index is 12.9. The van der Waals surface area contributed by atoms with Crippen LogP contribution in [0.15, 0.2) is 29.6 Å². The first-order valence-electron chi connectivity index (χ1n) is 4.12. The molecule has 5 heteroatoms. The highest BCUT2D eigenvalue weighted by Gasteiger charge is 2.14. The number of hydrogen-bond donors (Lipinski definition) is 1. The lowest BCUT2D eigenvalue weighted by atomic mass is 10.1. The molecule has 0 amide bonds. The van der Waals surface area contributed by atoms with Gasteiger partial charge in [0.1, 0.15) is 5.82 Å². The Balaban J connectivity index is 2.54. The Bertz CT molecular complexity index is 510. The lowest BCUT2D eigenvalue weighted by Gasteiger charge is -1.98. The van der Waals surface area contributed by atoms with E-state index in [1.54, 1.807) is 6.07 Å². The van der Waals surface area contributed by atoms with E-state index >= 15 is 0 Å². The van der Waals surface area contributed by atoms with Gasteiger partial charge in [0.05, 0.1) is 11.3 Å². The first kappa shape index (κ1) is 9.79. The van der Waals surface area contributed by atoms with Gasteiger partial charge < -0.3 is 5.11 Å². The van der Waals surface area contributed by atoms with E-state index in [4.69, 9.17) is 5.11 Å². The third kappa shape index (κ3) is 1.87. The van der Waals surface area contributed by atoms with Gasteiger partial charge in [0, 0.05) is 10.9 Å². The third-order valence-corrected chi connectivity index (χ3v) is 2.53. The monoisotopic (exact) mass is 223 g/mol. The van der Waals surface area contributed by atoms with Crippen LogP contribution in [-0.4, -0.2) is 15.4 Å². The van der Waals surface area contributed by atoms with Crippen molar-refractivity contribution in [3.8, 4) is 11.3 Å². The SMILES string of the molecule is O=C(O)c1csnc1-c1cccc(F)c1. The third-order valence-electron chi connectivity index (χ3n) is 1.90. The van der Waals surface area contributed by atoms with Gasteiger partial charge in [0.25, 0.3) is 0 Å². The number of carbonyl (C=O) groups is 1. The van der Waals surface area contributed by atoms with Crippen molar-refractivity contribution in [2.75, 3.05) is 0 Å². The van der Waals surface area contributed by atoms with Crippen LogP contribution in [0.2, 0.25) is 0 Å². The second-order valence-corrected chi connectivity index (χ2v) is 3.52.